The van der Waals surface area contributed by atoms with Crippen LogP contribution in [0.25, 0.3) is 0 Å². The lowest BCUT2D eigenvalue weighted by atomic mass is 10.4. The van der Waals surface area contributed by atoms with Gasteiger partial charge in [-0.15, -0.1) is 0 Å². The van der Waals surface area contributed by atoms with Gasteiger partial charge in [-0.25, -0.2) is 0 Å². The molecule has 0 aliphatic carbocycles. The van der Waals surface area contributed by atoms with E-state index in [0.717, 1.165) is 5.82 Å². The van der Waals surface area contributed by atoms with Crippen LogP contribution in [0.15, 0.2) is 24.0 Å². The number of allylic oxidation sites excluding steroid dienone is 2. The van der Waals surface area contributed by atoms with Gasteiger partial charge in [-0.2, -0.15) is 0 Å². The van der Waals surface area contributed by atoms with E-state index < -0.39 is 7.60 Å². The van der Waals surface area contributed by atoms with Gasteiger partial charge in [-0.1, -0.05) is 12.7 Å². The lowest BCUT2D eigenvalue weighted by Crippen LogP contribution is -1.71. The summed E-state index contributed by atoms with van der Waals surface area (Å²) < 4.78 is 10.2. The van der Waals surface area contributed by atoms with Crippen molar-refractivity contribution in [1.29, 1.82) is 0 Å². The summed E-state index contributed by atoms with van der Waals surface area (Å²) in [5.41, 5.74) is 0.489. The number of hydrogen-bond donors (Lipinski definition) is 2. The van der Waals surface area contributed by atoms with E-state index >= 15 is 0 Å². The highest BCUT2D eigenvalue weighted by atomic mass is 31.2. The molecule has 0 heterocycles. The lowest BCUT2D eigenvalue weighted by molar-refractivity contribution is 0.386. The third-order valence-corrected chi connectivity index (χ3v) is 1.44. The highest BCUT2D eigenvalue weighted by Gasteiger charge is 2.05. The van der Waals surface area contributed by atoms with E-state index in [1.54, 1.807) is 6.92 Å². The average Bonchev–Trinajstić information content (AvgIpc) is 1.62. The van der Waals surface area contributed by atoms with Crippen molar-refractivity contribution in [3.05, 3.63) is 24.0 Å². The minimum atomic E-state index is -3.97. The molecule has 52 valence electrons. The number of rotatable bonds is 2. The highest BCUT2D eigenvalue weighted by Crippen LogP contribution is 2.37. The van der Waals surface area contributed by atoms with Gasteiger partial charge < -0.3 is 9.79 Å². The second-order valence-electron chi connectivity index (χ2n) is 1.67. The molecule has 0 rings (SSSR count). The second kappa shape index (κ2) is 2.97. The summed E-state index contributed by atoms with van der Waals surface area (Å²) in [4.78, 5) is 16.6. The first-order valence-corrected chi connectivity index (χ1v) is 4.01. The fourth-order valence-electron chi connectivity index (χ4n) is 0.318. The molecule has 0 aromatic rings. The van der Waals surface area contributed by atoms with Crippen molar-refractivity contribution < 1.29 is 14.4 Å². The maximum absolute atomic E-state index is 10.2. The fraction of sp³-hybridized carbons (Fsp3) is 0.200. The van der Waals surface area contributed by atoms with Gasteiger partial charge in [0.1, 0.15) is 0 Å². The van der Waals surface area contributed by atoms with E-state index in [0.29, 0.717) is 5.57 Å². The largest absolute Gasteiger partial charge is 0.349 e. The SMILES string of the molecule is C=CC(C)=CP(=O)(O)O. The Bertz CT molecular complexity index is 177. The molecule has 0 spiro atoms. The molecule has 0 amide bonds. The van der Waals surface area contributed by atoms with Crippen molar-refractivity contribution in [2.24, 2.45) is 0 Å². The highest BCUT2D eigenvalue weighted by molar-refractivity contribution is 7.55. The van der Waals surface area contributed by atoms with Crippen LogP contribution in [0.3, 0.4) is 0 Å². The first kappa shape index (κ1) is 8.63. The van der Waals surface area contributed by atoms with Crippen LogP contribution in [-0.2, 0) is 4.57 Å². The minimum absolute atomic E-state index is 0.489. The molecule has 2 N–H and O–H groups in total. The molecule has 4 heteroatoms. The summed E-state index contributed by atoms with van der Waals surface area (Å²) in [5.74, 6) is 0.875. The van der Waals surface area contributed by atoms with Gasteiger partial charge >= 0.3 is 7.60 Å². The van der Waals surface area contributed by atoms with Gasteiger partial charge in [-0.05, 0) is 12.5 Å². The molecule has 0 atom stereocenters. The van der Waals surface area contributed by atoms with Crippen LogP contribution in [0.5, 0.6) is 0 Å². The van der Waals surface area contributed by atoms with Gasteiger partial charge in [0.25, 0.3) is 0 Å². The van der Waals surface area contributed by atoms with Crippen molar-refractivity contribution in [1.82, 2.24) is 0 Å². The van der Waals surface area contributed by atoms with Crippen molar-refractivity contribution >= 4 is 7.60 Å². The topological polar surface area (TPSA) is 57.5 Å². The van der Waals surface area contributed by atoms with Crippen molar-refractivity contribution in [2.75, 3.05) is 0 Å². The van der Waals surface area contributed by atoms with Crippen LogP contribution < -0.4 is 0 Å². The molecule has 0 fully saturated rings. The quantitative estimate of drug-likeness (QED) is 0.457. The Kier molecular flexibility index (Phi) is 2.85. The van der Waals surface area contributed by atoms with Crippen LogP contribution >= 0.6 is 7.60 Å². The summed E-state index contributed by atoms with van der Waals surface area (Å²) in [6.45, 7) is 4.91. The maximum Gasteiger partial charge on any atom is 0.349 e. The minimum Gasteiger partial charge on any atom is -0.321 e. The van der Waals surface area contributed by atoms with Crippen molar-refractivity contribution in [2.45, 2.75) is 6.92 Å². The third-order valence-electron chi connectivity index (χ3n) is 0.694. The molecule has 0 bridgehead atoms. The van der Waals surface area contributed by atoms with E-state index in [9.17, 15) is 4.57 Å². The first-order valence-electron chi connectivity index (χ1n) is 2.33. The van der Waals surface area contributed by atoms with Crippen LogP contribution in [0, 0.1) is 0 Å². The molecule has 0 aromatic carbocycles. The molecule has 3 nitrogen and oxygen atoms in total. The summed E-state index contributed by atoms with van der Waals surface area (Å²) in [6, 6.07) is 0. The molecule has 0 saturated carbocycles. The zero-order chi connectivity index (χ0) is 7.49. The van der Waals surface area contributed by atoms with Crippen molar-refractivity contribution in [3.63, 3.8) is 0 Å². The molecule has 0 aliphatic rings. The van der Waals surface area contributed by atoms with E-state index in [1.165, 1.54) is 6.08 Å². The Balaban J connectivity index is 4.30. The molecule has 0 radical (unpaired) electrons. The fourth-order valence-corrected chi connectivity index (χ4v) is 0.954. The average molecular weight is 148 g/mol. The van der Waals surface area contributed by atoms with Crippen LogP contribution in [0.2, 0.25) is 0 Å². The van der Waals surface area contributed by atoms with Crippen LogP contribution in [0.1, 0.15) is 6.92 Å². The standard InChI is InChI=1S/C5H9O3P/c1-3-5(2)4-9(6,7)8/h3-4H,1H2,2H3,(H2,6,7,8). The normalized spacial score (nSPS) is 13.4. The summed E-state index contributed by atoms with van der Waals surface area (Å²) in [7, 11) is -3.97. The zero-order valence-corrected chi connectivity index (χ0v) is 6.01. The van der Waals surface area contributed by atoms with E-state index in [-0.39, 0.29) is 0 Å². The third kappa shape index (κ3) is 5.50. The van der Waals surface area contributed by atoms with Crippen LogP contribution in [-0.4, -0.2) is 9.79 Å². The van der Waals surface area contributed by atoms with Gasteiger partial charge in [0.15, 0.2) is 0 Å². The predicted octanol–water partition coefficient (Wildman–Crippen LogP) is 1.25. The Hall–Kier alpha value is -0.370. The first-order chi connectivity index (χ1) is 3.95. The molecule has 9 heavy (non-hydrogen) atoms. The van der Waals surface area contributed by atoms with Gasteiger partial charge in [0, 0.05) is 5.82 Å². The summed E-state index contributed by atoms with van der Waals surface area (Å²) in [6.07, 6.45) is 1.39. The molecular weight excluding hydrogens is 139 g/mol. The van der Waals surface area contributed by atoms with Crippen molar-refractivity contribution in [3.8, 4) is 0 Å². The predicted molar refractivity (Wildman–Crippen MR) is 36.0 cm³/mol. The van der Waals surface area contributed by atoms with Gasteiger partial charge in [0.2, 0.25) is 0 Å². The molecule has 0 unspecified atom stereocenters. The molecule has 0 aliphatic heterocycles. The van der Waals surface area contributed by atoms with E-state index in [1.807, 2.05) is 0 Å². The Labute approximate surface area is 53.9 Å². The van der Waals surface area contributed by atoms with Gasteiger partial charge in [0.05, 0.1) is 0 Å². The Morgan fingerprint density at radius 2 is 2.11 bits per heavy atom. The second-order valence-corrected chi connectivity index (χ2v) is 3.10. The smallest absolute Gasteiger partial charge is 0.321 e. The molecule has 0 aromatic heterocycles. The molecule has 0 saturated heterocycles. The van der Waals surface area contributed by atoms with E-state index in [2.05, 4.69) is 6.58 Å². The lowest BCUT2D eigenvalue weighted by Gasteiger charge is -1.94. The zero-order valence-electron chi connectivity index (χ0n) is 5.11. The van der Waals surface area contributed by atoms with Gasteiger partial charge in [-0.3, -0.25) is 4.57 Å². The van der Waals surface area contributed by atoms with Crippen LogP contribution in [0.4, 0.5) is 0 Å². The monoisotopic (exact) mass is 148 g/mol. The Morgan fingerprint density at radius 1 is 1.67 bits per heavy atom. The summed E-state index contributed by atoms with van der Waals surface area (Å²) >= 11 is 0. The maximum atomic E-state index is 10.2. The number of hydrogen-bond acceptors (Lipinski definition) is 1. The Morgan fingerprint density at radius 3 is 2.22 bits per heavy atom. The van der Waals surface area contributed by atoms with E-state index in [4.69, 9.17) is 9.79 Å². The summed E-state index contributed by atoms with van der Waals surface area (Å²) in [5, 5.41) is 0. The molecular formula is C5H9O3P.